The highest BCUT2D eigenvalue weighted by Crippen LogP contribution is 2.27. The van der Waals surface area contributed by atoms with Gasteiger partial charge in [-0.05, 0) is 13.0 Å². The van der Waals surface area contributed by atoms with Gasteiger partial charge in [0.1, 0.15) is 5.69 Å². The van der Waals surface area contributed by atoms with E-state index in [1.54, 1.807) is 4.68 Å². The highest BCUT2D eigenvalue weighted by Gasteiger charge is 2.22. The van der Waals surface area contributed by atoms with E-state index in [-0.39, 0.29) is 5.91 Å². The van der Waals surface area contributed by atoms with Crippen LogP contribution in [0.5, 0.6) is 0 Å². The van der Waals surface area contributed by atoms with Gasteiger partial charge in [-0.3, -0.25) is 15.3 Å². The van der Waals surface area contributed by atoms with Crippen LogP contribution in [-0.2, 0) is 4.79 Å². The van der Waals surface area contributed by atoms with Gasteiger partial charge in [-0.15, -0.1) is 10.2 Å². The van der Waals surface area contributed by atoms with Crippen LogP contribution in [0.1, 0.15) is 5.56 Å². The first-order valence-corrected chi connectivity index (χ1v) is 7.70. The maximum atomic E-state index is 11.5. The Labute approximate surface area is 130 Å². The third-order valence-corrected chi connectivity index (χ3v) is 4.30. The molecule has 1 aliphatic rings. The number of carbonyl (C=O) groups excluding carboxylic acids is 1. The van der Waals surface area contributed by atoms with Gasteiger partial charge in [0.05, 0.1) is 11.4 Å². The van der Waals surface area contributed by atoms with E-state index in [1.807, 2.05) is 37.3 Å². The van der Waals surface area contributed by atoms with E-state index in [4.69, 9.17) is 0 Å². The number of rotatable bonds is 2. The Morgan fingerprint density at radius 1 is 1.23 bits per heavy atom. The fraction of sp³-hybridized carbons (Fsp3) is 0.143. The Kier molecular flexibility index (Phi) is 2.97. The van der Waals surface area contributed by atoms with Crippen molar-refractivity contribution >= 4 is 17.7 Å². The quantitative estimate of drug-likeness (QED) is 0.753. The summed E-state index contributed by atoms with van der Waals surface area (Å²) in [7, 11) is 0. The van der Waals surface area contributed by atoms with Gasteiger partial charge in [-0.1, -0.05) is 41.6 Å². The molecule has 3 aromatic rings. The van der Waals surface area contributed by atoms with Crippen LogP contribution >= 0.6 is 11.8 Å². The fourth-order valence-corrected chi connectivity index (χ4v) is 2.92. The lowest BCUT2D eigenvalue weighted by Crippen LogP contribution is -2.29. The van der Waals surface area contributed by atoms with Crippen molar-refractivity contribution in [2.45, 2.75) is 12.1 Å². The zero-order valence-corrected chi connectivity index (χ0v) is 12.5. The third-order valence-electron chi connectivity index (χ3n) is 3.37. The normalized spacial score (nSPS) is 13.8. The number of aromatic amines is 1. The van der Waals surface area contributed by atoms with E-state index in [9.17, 15) is 4.79 Å². The van der Waals surface area contributed by atoms with Crippen molar-refractivity contribution < 1.29 is 4.79 Å². The van der Waals surface area contributed by atoms with Crippen LogP contribution in [0, 0.1) is 6.92 Å². The molecule has 0 bridgehead atoms. The largest absolute Gasteiger partial charge is 0.274 e. The Balaban J connectivity index is 1.72. The van der Waals surface area contributed by atoms with Crippen molar-refractivity contribution in [3.63, 3.8) is 0 Å². The zero-order valence-electron chi connectivity index (χ0n) is 11.7. The lowest BCUT2D eigenvalue weighted by Gasteiger charge is -2.14. The minimum absolute atomic E-state index is 0.0724. The van der Waals surface area contributed by atoms with Crippen LogP contribution in [0.2, 0.25) is 0 Å². The number of benzene rings is 1. The van der Waals surface area contributed by atoms with Gasteiger partial charge >= 0.3 is 0 Å². The number of aromatic nitrogens is 5. The first kappa shape index (κ1) is 13.1. The Hall–Kier alpha value is -2.61. The number of hydrogen-bond donors (Lipinski definition) is 2. The number of fused-ring (bicyclic) bond motifs is 1. The summed E-state index contributed by atoms with van der Waals surface area (Å²) in [4.78, 5) is 11.5. The van der Waals surface area contributed by atoms with Crippen molar-refractivity contribution in [1.82, 2.24) is 25.1 Å². The van der Waals surface area contributed by atoms with Gasteiger partial charge in [-0.2, -0.15) is 5.10 Å². The van der Waals surface area contributed by atoms with Gasteiger partial charge in [0.15, 0.2) is 0 Å². The van der Waals surface area contributed by atoms with E-state index < -0.39 is 0 Å². The molecule has 0 aliphatic carbocycles. The molecule has 1 amide bonds. The molecule has 0 saturated heterocycles. The number of H-pyrrole nitrogens is 1. The van der Waals surface area contributed by atoms with Crippen molar-refractivity contribution in [2.24, 2.45) is 0 Å². The standard InChI is InChI=1S/C14H12N6OS/c1-8-2-4-9(5-3-8)10-6-11(16-15-10)13-17-18-14-20(13)19-12(21)7-22-14/h2-6H,7H2,1H3,(H,15,16)(H,19,21). The highest BCUT2D eigenvalue weighted by molar-refractivity contribution is 7.99. The lowest BCUT2D eigenvalue weighted by atomic mass is 10.1. The SMILES string of the molecule is Cc1ccc(-c2cc(-c3nnc4n3NC(=O)CS4)[nH]n2)cc1. The summed E-state index contributed by atoms with van der Waals surface area (Å²) in [6.45, 7) is 2.04. The molecule has 2 N–H and O–H groups in total. The van der Waals surface area contributed by atoms with Crippen LogP contribution in [0.15, 0.2) is 35.5 Å². The maximum Gasteiger partial charge on any atom is 0.249 e. The molecule has 0 saturated carbocycles. The molecule has 0 fully saturated rings. The molecule has 7 nitrogen and oxygen atoms in total. The first-order valence-electron chi connectivity index (χ1n) is 6.71. The van der Waals surface area contributed by atoms with Crippen molar-refractivity contribution in [1.29, 1.82) is 0 Å². The molecular formula is C14H12N6OS. The minimum atomic E-state index is -0.0724. The van der Waals surface area contributed by atoms with Crippen LogP contribution in [0.25, 0.3) is 22.8 Å². The van der Waals surface area contributed by atoms with Crippen molar-refractivity contribution in [2.75, 3.05) is 11.2 Å². The van der Waals surface area contributed by atoms with Gasteiger partial charge < -0.3 is 0 Å². The van der Waals surface area contributed by atoms with Gasteiger partial charge in [-0.25, -0.2) is 4.68 Å². The topological polar surface area (TPSA) is 88.5 Å². The molecule has 4 rings (SSSR count). The maximum absolute atomic E-state index is 11.5. The molecule has 110 valence electrons. The number of thioether (sulfide) groups is 1. The van der Waals surface area contributed by atoms with Crippen LogP contribution in [0.4, 0.5) is 0 Å². The number of nitrogens with one attached hydrogen (secondary N) is 2. The monoisotopic (exact) mass is 312 g/mol. The Morgan fingerprint density at radius 2 is 2.05 bits per heavy atom. The predicted octanol–water partition coefficient (Wildman–Crippen LogP) is 1.82. The number of hydrogen-bond acceptors (Lipinski definition) is 5. The number of carbonyl (C=O) groups is 1. The average molecular weight is 312 g/mol. The molecule has 0 atom stereocenters. The first-order chi connectivity index (χ1) is 10.7. The second-order valence-corrected chi connectivity index (χ2v) is 5.94. The summed E-state index contributed by atoms with van der Waals surface area (Å²) in [5, 5.41) is 16.1. The highest BCUT2D eigenvalue weighted by atomic mass is 32.2. The van der Waals surface area contributed by atoms with Gasteiger partial charge in [0.2, 0.25) is 16.9 Å². The second kappa shape index (κ2) is 4.99. The smallest absolute Gasteiger partial charge is 0.249 e. The third kappa shape index (κ3) is 2.17. The van der Waals surface area contributed by atoms with Gasteiger partial charge in [0, 0.05) is 5.56 Å². The Morgan fingerprint density at radius 3 is 2.86 bits per heavy atom. The molecule has 2 aromatic heterocycles. The van der Waals surface area contributed by atoms with Crippen molar-refractivity contribution in [3.8, 4) is 22.8 Å². The molecule has 22 heavy (non-hydrogen) atoms. The molecule has 1 aliphatic heterocycles. The Bertz CT molecular complexity index is 851. The molecule has 0 radical (unpaired) electrons. The molecular weight excluding hydrogens is 300 g/mol. The van der Waals surface area contributed by atoms with Gasteiger partial charge in [0.25, 0.3) is 0 Å². The number of nitrogens with zero attached hydrogens (tertiary/aromatic N) is 4. The van der Waals surface area contributed by atoms with Crippen LogP contribution in [-0.4, -0.2) is 36.7 Å². The summed E-state index contributed by atoms with van der Waals surface area (Å²) in [5.74, 6) is 0.827. The number of amides is 1. The lowest BCUT2D eigenvalue weighted by molar-refractivity contribution is -0.114. The van der Waals surface area contributed by atoms with E-state index >= 15 is 0 Å². The summed E-state index contributed by atoms with van der Waals surface area (Å²) in [5.41, 5.74) is 6.49. The van der Waals surface area contributed by atoms with E-state index in [0.29, 0.717) is 22.4 Å². The summed E-state index contributed by atoms with van der Waals surface area (Å²) in [6.07, 6.45) is 0. The van der Waals surface area contributed by atoms with Crippen molar-refractivity contribution in [3.05, 3.63) is 35.9 Å². The van der Waals surface area contributed by atoms with E-state index in [0.717, 1.165) is 11.3 Å². The molecule has 1 aromatic carbocycles. The summed E-state index contributed by atoms with van der Waals surface area (Å²) >= 11 is 1.36. The molecule has 8 heteroatoms. The summed E-state index contributed by atoms with van der Waals surface area (Å²) < 4.78 is 1.59. The molecule has 0 unspecified atom stereocenters. The fourth-order valence-electron chi connectivity index (χ4n) is 2.23. The average Bonchev–Trinajstić information content (AvgIpc) is 3.14. The predicted molar refractivity (Wildman–Crippen MR) is 82.9 cm³/mol. The summed E-state index contributed by atoms with van der Waals surface area (Å²) in [6, 6.07) is 10.0. The minimum Gasteiger partial charge on any atom is -0.274 e. The molecule has 3 heterocycles. The number of aryl methyl sites for hydroxylation is 1. The van der Waals surface area contributed by atoms with Crippen LogP contribution < -0.4 is 5.43 Å². The van der Waals surface area contributed by atoms with E-state index in [1.165, 1.54) is 17.3 Å². The van der Waals surface area contributed by atoms with Crippen LogP contribution in [0.3, 0.4) is 0 Å². The zero-order chi connectivity index (χ0) is 15.1. The second-order valence-electron chi connectivity index (χ2n) is 5.00. The molecule has 0 spiro atoms. The van der Waals surface area contributed by atoms with E-state index in [2.05, 4.69) is 25.8 Å².